The van der Waals surface area contributed by atoms with Crippen molar-refractivity contribution in [3.8, 4) is 0 Å². The van der Waals surface area contributed by atoms with E-state index in [1.165, 1.54) is 11.0 Å². The molecule has 0 spiro atoms. The Bertz CT molecular complexity index is 655. The number of carboxylic acids is 1. The molecule has 104 valence electrons. The van der Waals surface area contributed by atoms with E-state index in [0.717, 1.165) is 28.2 Å². The van der Waals surface area contributed by atoms with Crippen LogP contribution in [-0.2, 0) is 0 Å². The fourth-order valence-corrected chi connectivity index (χ4v) is 2.82. The first kappa shape index (κ1) is 14.3. The maximum absolute atomic E-state index is 12.3. The number of hydrogen-bond donors (Lipinski definition) is 1. The van der Waals surface area contributed by atoms with E-state index in [2.05, 4.69) is 0 Å². The van der Waals surface area contributed by atoms with Gasteiger partial charge in [0.25, 0.3) is 5.91 Å². The minimum atomic E-state index is -1.01. The van der Waals surface area contributed by atoms with Crippen LogP contribution in [0.3, 0.4) is 0 Å². The summed E-state index contributed by atoms with van der Waals surface area (Å²) < 4.78 is 0. The van der Waals surface area contributed by atoms with Crippen molar-refractivity contribution >= 4 is 28.9 Å². The minimum absolute atomic E-state index is 0.169. The van der Waals surface area contributed by atoms with Crippen LogP contribution >= 0.6 is 11.3 Å². The van der Waals surface area contributed by atoms with Gasteiger partial charge in [0.15, 0.2) is 0 Å². The molecule has 0 aliphatic rings. The number of hydrogen-bond acceptors (Lipinski definition) is 3. The van der Waals surface area contributed by atoms with Crippen molar-refractivity contribution in [2.75, 3.05) is 11.9 Å². The molecule has 0 radical (unpaired) electrons. The molecule has 1 amide bonds. The highest BCUT2D eigenvalue weighted by Crippen LogP contribution is 2.23. The number of anilines is 1. The second-order valence-electron chi connectivity index (χ2n) is 4.68. The van der Waals surface area contributed by atoms with Crippen LogP contribution in [0.15, 0.2) is 30.3 Å². The summed E-state index contributed by atoms with van der Waals surface area (Å²) in [5, 5.41) is 8.89. The van der Waals surface area contributed by atoms with Crippen molar-refractivity contribution in [1.29, 1.82) is 0 Å². The van der Waals surface area contributed by atoms with Crippen molar-refractivity contribution in [1.82, 2.24) is 0 Å². The van der Waals surface area contributed by atoms with E-state index in [9.17, 15) is 9.59 Å². The van der Waals surface area contributed by atoms with Gasteiger partial charge < -0.3 is 10.0 Å². The molecule has 5 heteroatoms. The number of rotatable bonds is 3. The first-order valence-electron chi connectivity index (χ1n) is 6.08. The molecule has 1 N–H and O–H groups in total. The summed E-state index contributed by atoms with van der Waals surface area (Å²) in [4.78, 5) is 25.3. The predicted molar refractivity (Wildman–Crippen MR) is 79.9 cm³/mol. The van der Waals surface area contributed by atoms with Crippen molar-refractivity contribution in [2.45, 2.75) is 13.8 Å². The Kier molecular flexibility index (Phi) is 3.90. The molecular formula is C15H15NO3S. The first-order valence-corrected chi connectivity index (χ1v) is 6.89. The molecule has 1 aromatic heterocycles. The Balaban J connectivity index is 2.29. The van der Waals surface area contributed by atoms with Gasteiger partial charge in [-0.3, -0.25) is 4.79 Å². The highest BCUT2D eigenvalue weighted by molar-refractivity contribution is 7.16. The lowest BCUT2D eigenvalue weighted by Crippen LogP contribution is -2.25. The van der Waals surface area contributed by atoms with Crippen molar-refractivity contribution in [3.05, 3.63) is 51.2 Å². The zero-order chi connectivity index (χ0) is 14.9. The van der Waals surface area contributed by atoms with Gasteiger partial charge in [-0.15, -0.1) is 11.3 Å². The molecular weight excluding hydrogens is 274 g/mol. The van der Waals surface area contributed by atoms with Gasteiger partial charge in [-0.25, -0.2) is 4.79 Å². The molecule has 20 heavy (non-hydrogen) atoms. The molecule has 0 fully saturated rings. The second kappa shape index (κ2) is 5.46. The number of carboxylic acid groups (broad SMARTS) is 1. The maximum atomic E-state index is 12.3. The monoisotopic (exact) mass is 289 g/mol. The predicted octanol–water partition coefficient (Wildman–Crippen LogP) is 3.34. The summed E-state index contributed by atoms with van der Waals surface area (Å²) >= 11 is 0.990. The smallest absolute Gasteiger partial charge is 0.345 e. The molecule has 0 bridgehead atoms. The van der Waals surface area contributed by atoms with Gasteiger partial charge in [0.05, 0.1) is 4.88 Å². The number of aryl methyl sites for hydroxylation is 2. The number of thiophene rings is 1. The van der Waals surface area contributed by atoms with Gasteiger partial charge in [-0.2, -0.15) is 0 Å². The van der Waals surface area contributed by atoms with Gasteiger partial charge in [0.1, 0.15) is 4.88 Å². The van der Waals surface area contributed by atoms with E-state index in [1.54, 1.807) is 13.1 Å². The van der Waals surface area contributed by atoms with Gasteiger partial charge in [-0.1, -0.05) is 6.07 Å². The van der Waals surface area contributed by atoms with Gasteiger partial charge >= 0.3 is 5.97 Å². The molecule has 2 aromatic rings. The van der Waals surface area contributed by atoms with Gasteiger partial charge in [0.2, 0.25) is 0 Å². The number of carbonyl (C=O) groups is 2. The van der Waals surface area contributed by atoms with Crippen LogP contribution < -0.4 is 4.90 Å². The second-order valence-corrected chi connectivity index (χ2v) is 5.76. The number of nitrogens with zero attached hydrogens (tertiary/aromatic N) is 1. The van der Waals surface area contributed by atoms with Crippen LogP contribution in [0.1, 0.15) is 30.5 Å². The van der Waals surface area contributed by atoms with Crippen LogP contribution in [0.2, 0.25) is 0 Å². The molecule has 0 aliphatic carbocycles. The molecule has 0 saturated carbocycles. The SMILES string of the molecule is Cc1cc(C)cc(N(C)C(=O)c2ccc(C(=O)O)s2)c1. The Labute approximate surface area is 121 Å². The van der Waals surface area contributed by atoms with E-state index in [0.29, 0.717) is 4.88 Å². The lowest BCUT2D eigenvalue weighted by molar-refractivity contribution is 0.0702. The summed E-state index contributed by atoms with van der Waals surface area (Å²) in [6, 6.07) is 8.90. The average Bonchev–Trinajstić information content (AvgIpc) is 2.85. The minimum Gasteiger partial charge on any atom is -0.477 e. The van der Waals surface area contributed by atoms with E-state index in [1.807, 2.05) is 32.0 Å². The zero-order valence-electron chi connectivity index (χ0n) is 11.5. The third kappa shape index (κ3) is 2.88. The Morgan fingerprint density at radius 3 is 2.10 bits per heavy atom. The van der Waals surface area contributed by atoms with Crippen LogP contribution in [0.5, 0.6) is 0 Å². The molecule has 1 aromatic carbocycles. The molecule has 0 unspecified atom stereocenters. The number of aromatic carboxylic acids is 1. The summed E-state index contributed by atoms with van der Waals surface area (Å²) in [7, 11) is 1.69. The Hall–Kier alpha value is -2.14. The summed E-state index contributed by atoms with van der Waals surface area (Å²) in [6.07, 6.45) is 0. The van der Waals surface area contributed by atoms with E-state index < -0.39 is 5.97 Å². The molecule has 2 rings (SSSR count). The number of amides is 1. The van der Waals surface area contributed by atoms with Crippen LogP contribution in [0.4, 0.5) is 5.69 Å². The van der Waals surface area contributed by atoms with Crippen LogP contribution in [-0.4, -0.2) is 24.0 Å². The fourth-order valence-electron chi connectivity index (χ4n) is 1.99. The maximum Gasteiger partial charge on any atom is 0.345 e. The Morgan fingerprint density at radius 2 is 1.60 bits per heavy atom. The van der Waals surface area contributed by atoms with E-state index >= 15 is 0 Å². The topological polar surface area (TPSA) is 57.6 Å². The van der Waals surface area contributed by atoms with Crippen molar-refractivity contribution < 1.29 is 14.7 Å². The standard InChI is InChI=1S/C15H15NO3S/c1-9-6-10(2)8-11(7-9)16(3)14(17)12-4-5-13(20-12)15(18)19/h4-8H,1-3H3,(H,18,19). The fraction of sp³-hybridized carbons (Fsp3) is 0.200. The molecule has 4 nitrogen and oxygen atoms in total. The third-order valence-electron chi connectivity index (χ3n) is 2.93. The van der Waals surface area contributed by atoms with Crippen molar-refractivity contribution in [2.24, 2.45) is 0 Å². The average molecular weight is 289 g/mol. The van der Waals surface area contributed by atoms with Crippen molar-refractivity contribution in [3.63, 3.8) is 0 Å². The third-order valence-corrected chi connectivity index (χ3v) is 3.99. The largest absolute Gasteiger partial charge is 0.477 e. The first-order chi connectivity index (χ1) is 9.38. The molecule has 0 atom stereocenters. The summed E-state index contributed by atoms with van der Waals surface area (Å²) in [5.41, 5.74) is 2.96. The molecule has 1 heterocycles. The van der Waals surface area contributed by atoms with Gasteiger partial charge in [-0.05, 0) is 49.2 Å². The van der Waals surface area contributed by atoms with E-state index in [-0.39, 0.29) is 10.8 Å². The Morgan fingerprint density at radius 1 is 1.05 bits per heavy atom. The molecule has 0 saturated heterocycles. The summed E-state index contributed by atoms with van der Waals surface area (Å²) in [6.45, 7) is 3.95. The highest BCUT2D eigenvalue weighted by atomic mass is 32.1. The lowest BCUT2D eigenvalue weighted by Gasteiger charge is -2.17. The van der Waals surface area contributed by atoms with Gasteiger partial charge in [0, 0.05) is 12.7 Å². The number of carbonyl (C=O) groups excluding carboxylic acids is 1. The van der Waals surface area contributed by atoms with Crippen LogP contribution in [0.25, 0.3) is 0 Å². The summed E-state index contributed by atoms with van der Waals surface area (Å²) in [5.74, 6) is -1.21. The normalized spacial score (nSPS) is 10.3. The quantitative estimate of drug-likeness (QED) is 0.942. The highest BCUT2D eigenvalue weighted by Gasteiger charge is 2.18. The molecule has 0 aliphatic heterocycles. The van der Waals surface area contributed by atoms with Crippen LogP contribution in [0, 0.1) is 13.8 Å². The number of benzene rings is 1. The zero-order valence-corrected chi connectivity index (χ0v) is 12.3. The lowest BCUT2D eigenvalue weighted by atomic mass is 10.1. The van der Waals surface area contributed by atoms with E-state index in [4.69, 9.17) is 5.11 Å².